The summed E-state index contributed by atoms with van der Waals surface area (Å²) in [5, 5.41) is 13.2. The van der Waals surface area contributed by atoms with Gasteiger partial charge in [-0.15, -0.1) is 0 Å². The van der Waals surface area contributed by atoms with Crippen LogP contribution in [0.1, 0.15) is 5.56 Å². The van der Waals surface area contributed by atoms with Crippen molar-refractivity contribution in [1.82, 2.24) is 9.62 Å². The smallest absolute Gasteiger partial charge is 0.275 e. The third kappa shape index (κ3) is 2.68. The number of hydrogen-bond acceptors (Lipinski definition) is 5. The van der Waals surface area contributed by atoms with Crippen molar-refractivity contribution >= 4 is 10.0 Å². The van der Waals surface area contributed by atoms with Crippen LogP contribution in [-0.2, 0) is 10.0 Å². The largest absolute Gasteiger partial charge is 0.364 e. The van der Waals surface area contributed by atoms with E-state index in [0.717, 1.165) is 9.87 Å². The lowest BCUT2D eigenvalue weighted by atomic mass is 10.2. The van der Waals surface area contributed by atoms with E-state index in [1.807, 2.05) is 6.92 Å². The summed E-state index contributed by atoms with van der Waals surface area (Å²) in [6.07, 6.45) is 0.665. The van der Waals surface area contributed by atoms with Crippen molar-refractivity contribution in [3.8, 4) is 0 Å². The van der Waals surface area contributed by atoms with Crippen molar-refractivity contribution < 1.29 is 13.3 Å². The maximum atomic E-state index is 12.4. The first-order chi connectivity index (χ1) is 8.91. The Morgan fingerprint density at radius 1 is 1.37 bits per heavy atom. The van der Waals surface area contributed by atoms with Gasteiger partial charge in [-0.25, -0.2) is 12.7 Å². The fourth-order valence-electron chi connectivity index (χ4n) is 1.79. The fourth-order valence-corrected chi connectivity index (χ4v) is 3.23. The molecule has 0 atom stereocenters. The first-order valence-electron chi connectivity index (χ1n) is 5.60. The van der Waals surface area contributed by atoms with E-state index < -0.39 is 14.9 Å². The van der Waals surface area contributed by atoms with Gasteiger partial charge >= 0.3 is 0 Å². The Morgan fingerprint density at radius 2 is 2.00 bits per heavy atom. The summed E-state index contributed by atoms with van der Waals surface area (Å²) >= 11 is 0. The number of benzene rings is 1. The van der Waals surface area contributed by atoms with Gasteiger partial charge in [-0.2, -0.15) is 0 Å². The van der Waals surface area contributed by atoms with E-state index in [1.54, 1.807) is 12.1 Å². The van der Waals surface area contributed by atoms with Crippen LogP contribution in [0.4, 0.5) is 0 Å². The molecule has 0 bridgehead atoms. The molecule has 1 N–H and O–H groups in total. The first kappa shape index (κ1) is 13.3. The zero-order valence-electron chi connectivity index (χ0n) is 10.2. The molecule has 102 valence electrons. The number of aryl methyl sites for hydroxylation is 1. The average Bonchev–Trinajstić information content (AvgIpc) is 2.77. The summed E-state index contributed by atoms with van der Waals surface area (Å²) in [6.45, 7) is 2.38. The Labute approximate surface area is 110 Å². The molecule has 1 heterocycles. The molecule has 19 heavy (non-hydrogen) atoms. The second-order valence-corrected chi connectivity index (χ2v) is 5.98. The summed E-state index contributed by atoms with van der Waals surface area (Å²) in [6, 6.07) is 6.36. The topological polar surface area (TPSA) is 92.6 Å². The van der Waals surface area contributed by atoms with E-state index in [9.17, 15) is 18.5 Å². The SMILES string of the molecule is Cc1ccc(S(=O)(=O)N2CCNC2=C[N+](=O)[O-])cc1. The van der Waals surface area contributed by atoms with Gasteiger partial charge in [-0.3, -0.25) is 10.1 Å². The molecule has 1 aliphatic rings. The van der Waals surface area contributed by atoms with Gasteiger partial charge in [0.15, 0.2) is 5.82 Å². The van der Waals surface area contributed by atoms with Crippen molar-refractivity contribution in [2.75, 3.05) is 13.1 Å². The van der Waals surface area contributed by atoms with Crippen LogP contribution >= 0.6 is 0 Å². The van der Waals surface area contributed by atoms with Crippen LogP contribution in [0.25, 0.3) is 0 Å². The average molecular weight is 283 g/mol. The Morgan fingerprint density at radius 3 is 2.58 bits per heavy atom. The number of nitrogens with one attached hydrogen (secondary N) is 1. The normalized spacial score (nSPS) is 17.5. The molecule has 0 saturated carbocycles. The van der Waals surface area contributed by atoms with Crippen LogP contribution in [0.2, 0.25) is 0 Å². The van der Waals surface area contributed by atoms with Crippen molar-refractivity contribution in [1.29, 1.82) is 0 Å². The van der Waals surface area contributed by atoms with Crippen LogP contribution in [0, 0.1) is 17.0 Å². The standard InChI is InChI=1S/C11H13N3O4S/c1-9-2-4-10(5-3-9)19(17,18)13-7-6-12-11(13)8-14(15)16/h2-5,8,12H,6-7H2,1H3. The molecule has 1 fully saturated rings. The van der Waals surface area contributed by atoms with E-state index >= 15 is 0 Å². The van der Waals surface area contributed by atoms with E-state index in [4.69, 9.17) is 0 Å². The summed E-state index contributed by atoms with van der Waals surface area (Å²) < 4.78 is 25.7. The quantitative estimate of drug-likeness (QED) is 0.650. The second-order valence-electron chi connectivity index (χ2n) is 4.12. The molecule has 0 radical (unpaired) electrons. The van der Waals surface area contributed by atoms with Crippen molar-refractivity contribution in [3.05, 3.63) is 52.0 Å². The molecular weight excluding hydrogens is 270 g/mol. The molecule has 7 nitrogen and oxygen atoms in total. The highest BCUT2D eigenvalue weighted by Crippen LogP contribution is 2.21. The molecule has 0 spiro atoms. The molecule has 1 aromatic rings. The number of hydrogen-bond donors (Lipinski definition) is 1. The maximum Gasteiger partial charge on any atom is 0.275 e. The predicted molar refractivity (Wildman–Crippen MR) is 68.2 cm³/mol. The van der Waals surface area contributed by atoms with Gasteiger partial charge in [0.25, 0.3) is 16.2 Å². The van der Waals surface area contributed by atoms with Gasteiger partial charge in [-0.1, -0.05) is 17.7 Å². The summed E-state index contributed by atoms with van der Waals surface area (Å²) in [4.78, 5) is 9.92. The molecular formula is C11H13N3O4S. The van der Waals surface area contributed by atoms with Gasteiger partial charge in [0.1, 0.15) is 0 Å². The zero-order valence-corrected chi connectivity index (χ0v) is 11.1. The molecule has 0 unspecified atom stereocenters. The third-order valence-electron chi connectivity index (χ3n) is 2.73. The van der Waals surface area contributed by atoms with Crippen molar-refractivity contribution in [2.45, 2.75) is 11.8 Å². The molecule has 2 rings (SSSR count). The minimum atomic E-state index is -3.75. The highest BCUT2D eigenvalue weighted by Gasteiger charge is 2.31. The van der Waals surface area contributed by atoms with Crippen LogP contribution < -0.4 is 5.32 Å². The van der Waals surface area contributed by atoms with Gasteiger partial charge in [0.2, 0.25) is 0 Å². The van der Waals surface area contributed by atoms with E-state index in [1.165, 1.54) is 12.1 Å². The van der Waals surface area contributed by atoms with Crippen LogP contribution in [-0.4, -0.2) is 30.7 Å². The van der Waals surface area contributed by atoms with Gasteiger partial charge in [-0.05, 0) is 19.1 Å². The number of rotatable bonds is 3. The first-order valence-corrected chi connectivity index (χ1v) is 7.04. The van der Waals surface area contributed by atoms with E-state index in [0.29, 0.717) is 12.7 Å². The van der Waals surface area contributed by atoms with Crippen LogP contribution in [0.5, 0.6) is 0 Å². The number of nitro groups is 1. The van der Waals surface area contributed by atoms with Gasteiger partial charge in [0.05, 0.1) is 16.4 Å². The Balaban J connectivity index is 2.39. The highest BCUT2D eigenvalue weighted by atomic mass is 32.2. The summed E-state index contributed by atoms with van der Waals surface area (Å²) in [5.41, 5.74) is 0.944. The van der Waals surface area contributed by atoms with Crippen LogP contribution in [0.15, 0.2) is 41.2 Å². The predicted octanol–water partition coefficient (Wildman–Crippen LogP) is 0.665. The lowest BCUT2D eigenvalue weighted by Crippen LogP contribution is -2.28. The Bertz CT molecular complexity index is 622. The molecule has 1 aliphatic heterocycles. The highest BCUT2D eigenvalue weighted by molar-refractivity contribution is 7.89. The molecule has 0 aromatic heterocycles. The fraction of sp³-hybridized carbons (Fsp3) is 0.273. The molecule has 1 aromatic carbocycles. The molecule has 0 amide bonds. The van der Waals surface area contributed by atoms with Crippen molar-refractivity contribution in [3.63, 3.8) is 0 Å². The maximum absolute atomic E-state index is 12.4. The van der Waals surface area contributed by atoms with E-state index in [-0.39, 0.29) is 17.3 Å². The minimum absolute atomic E-state index is 0.00873. The molecule has 1 saturated heterocycles. The van der Waals surface area contributed by atoms with E-state index in [2.05, 4.69) is 5.32 Å². The third-order valence-corrected chi connectivity index (χ3v) is 4.55. The monoisotopic (exact) mass is 283 g/mol. The van der Waals surface area contributed by atoms with Gasteiger partial charge < -0.3 is 5.32 Å². The molecule has 0 aliphatic carbocycles. The zero-order chi connectivity index (χ0) is 14.0. The minimum Gasteiger partial charge on any atom is -0.364 e. The second kappa shape index (κ2) is 4.88. The Hall–Kier alpha value is -2.09. The Kier molecular flexibility index (Phi) is 3.43. The van der Waals surface area contributed by atoms with Crippen LogP contribution in [0.3, 0.4) is 0 Å². The van der Waals surface area contributed by atoms with Gasteiger partial charge in [0, 0.05) is 6.54 Å². The summed E-state index contributed by atoms with van der Waals surface area (Å²) in [5.74, 6) is -0.00873. The van der Waals surface area contributed by atoms with Crippen molar-refractivity contribution in [2.24, 2.45) is 0 Å². The lowest BCUT2D eigenvalue weighted by Gasteiger charge is -2.17. The lowest BCUT2D eigenvalue weighted by molar-refractivity contribution is -0.404. The summed E-state index contributed by atoms with van der Waals surface area (Å²) in [7, 11) is -3.75. The molecule has 8 heteroatoms. The number of sulfonamides is 1. The number of nitrogens with zero attached hydrogens (tertiary/aromatic N) is 2.